The van der Waals surface area contributed by atoms with Crippen molar-refractivity contribution in [2.24, 2.45) is 5.73 Å². The van der Waals surface area contributed by atoms with Crippen LogP contribution in [0, 0.1) is 11.3 Å². The zero-order valence-corrected chi connectivity index (χ0v) is 16.2. The molecule has 1 heterocycles. The van der Waals surface area contributed by atoms with Gasteiger partial charge in [-0.1, -0.05) is 0 Å². The van der Waals surface area contributed by atoms with Gasteiger partial charge in [0.2, 0.25) is 0 Å². The quantitative estimate of drug-likeness (QED) is 0.756. The van der Waals surface area contributed by atoms with Crippen LogP contribution in [0.4, 0.5) is 18.9 Å². The highest BCUT2D eigenvalue weighted by Gasteiger charge is 2.36. The first-order valence-electron chi connectivity index (χ1n) is 10.0. The maximum Gasteiger partial charge on any atom is 0.417 e. The summed E-state index contributed by atoms with van der Waals surface area (Å²) in [4.78, 5) is 11.7. The number of halogens is 3. The van der Waals surface area contributed by atoms with Gasteiger partial charge in [0, 0.05) is 17.6 Å². The molecule has 158 valence electrons. The van der Waals surface area contributed by atoms with E-state index in [0.717, 1.165) is 50.3 Å². The molecule has 1 aromatic heterocycles. The van der Waals surface area contributed by atoms with E-state index in [1.807, 2.05) is 4.68 Å². The van der Waals surface area contributed by atoms with Crippen molar-refractivity contribution in [3.05, 3.63) is 46.8 Å². The maximum atomic E-state index is 13.2. The van der Waals surface area contributed by atoms with Gasteiger partial charge in [0.25, 0.3) is 5.91 Å². The molecular formula is C21H22F3N5O. The molecule has 1 aromatic carbocycles. The Morgan fingerprint density at radius 1 is 1.20 bits per heavy atom. The number of aromatic nitrogens is 2. The monoisotopic (exact) mass is 417 g/mol. The lowest BCUT2D eigenvalue weighted by molar-refractivity contribution is -0.137. The third kappa shape index (κ3) is 3.99. The number of hydrogen-bond acceptors (Lipinski definition) is 4. The number of nitrogens with zero attached hydrogens (tertiary/aromatic N) is 3. The number of rotatable bonds is 5. The van der Waals surface area contributed by atoms with Crippen LogP contribution >= 0.6 is 0 Å². The summed E-state index contributed by atoms with van der Waals surface area (Å²) < 4.78 is 41.5. The van der Waals surface area contributed by atoms with Gasteiger partial charge in [-0.3, -0.25) is 9.48 Å². The maximum absolute atomic E-state index is 13.2. The molecule has 0 bridgehead atoms. The number of nitrogens with one attached hydrogen (secondary N) is 1. The third-order valence-corrected chi connectivity index (χ3v) is 5.92. The van der Waals surface area contributed by atoms with Crippen molar-refractivity contribution in [3.63, 3.8) is 0 Å². The first kappa shape index (κ1) is 20.3. The molecule has 3 N–H and O–H groups in total. The van der Waals surface area contributed by atoms with E-state index < -0.39 is 17.6 Å². The molecule has 0 atom stereocenters. The number of carbonyl (C=O) groups is 1. The van der Waals surface area contributed by atoms with Gasteiger partial charge in [0.05, 0.1) is 40.7 Å². The molecule has 2 aromatic rings. The van der Waals surface area contributed by atoms with Gasteiger partial charge in [0.15, 0.2) is 0 Å². The fourth-order valence-electron chi connectivity index (χ4n) is 4.28. The van der Waals surface area contributed by atoms with E-state index in [4.69, 9.17) is 11.0 Å². The Balaban J connectivity index is 1.44. The van der Waals surface area contributed by atoms with Crippen molar-refractivity contribution in [2.75, 3.05) is 5.32 Å². The molecule has 0 saturated heterocycles. The van der Waals surface area contributed by atoms with Crippen LogP contribution in [0.25, 0.3) is 0 Å². The molecular weight excluding hydrogens is 395 g/mol. The van der Waals surface area contributed by atoms with Crippen molar-refractivity contribution in [3.8, 4) is 6.07 Å². The van der Waals surface area contributed by atoms with Crippen LogP contribution in [0.5, 0.6) is 0 Å². The minimum absolute atomic E-state index is 0.0332. The molecule has 2 aliphatic rings. The minimum atomic E-state index is -4.57. The summed E-state index contributed by atoms with van der Waals surface area (Å²) >= 11 is 0. The average Bonchev–Trinajstić information content (AvgIpc) is 3.45. The number of nitriles is 1. The number of nitrogens with two attached hydrogens (primary N) is 1. The van der Waals surface area contributed by atoms with E-state index in [2.05, 4.69) is 10.4 Å². The predicted molar refractivity (Wildman–Crippen MR) is 104 cm³/mol. The first-order valence-corrected chi connectivity index (χ1v) is 10.0. The highest BCUT2D eigenvalue weighted by atomic mass is 19.4. The third-order valence-electron chi connectivity index (χ3n) is 5.92. The predicted octanol–water partition coefficient (Wildman–Crippen LogP) is 4.35. The Kier molecular flexibility index (Phi) is 5.18. The number of alkyl halides is 3. The molecule has 0 radical (unpaired) electrons. The largest absolute Gasteiger partial charge is 0.417 e. The van der Waals surface area contributed by atoms with Gasteiger partial charge in [0.1, 0.15) is 0 Å². The Bertz CT molecular complexity index is 995. The van der Waals surface area contributed by atoms with Crippen LogP contribution in [-0.2, 0) is 6.18 Å². The molecule has 30 heavy (non-hydrogen) atoms. The number of primary amides is 1. The van der Waals surface area contributed by atoms with Gasteiger partial charge in [-0.2, -0.15) is 23.5 Å². The number of amides is 1. The smallest absolute Gasteiger partial charge is 0.382 e. The minimum Gasteiger partial charge on any atom is -0.382 e. The summed E-state index contributed by atoms with van der Waals surface area (Å²) in [5.74, 6) is -0.120. The second-order valence-corrected chi connectivity index (χ2v) is 8.05. The van der Waals surface area contributed by atoms with Gasteiger partial charge >= 0.3 is 6.18 Å². The average molecular weight is 417 g/mol. The lowest BCUT2D eigenvalue weighted by atomic mass is 9.90. The van der Waals surface area contributed by atoms with E-state index in [9.17, 15) is 18.0 Å². The molecule has 4 rings (SSSR count). The standard InChI is InChI=1S/C21H22F3N5O/c22-21(23,24)18-9-15(4-3-13(18)10-25)28-14-5-7-16(8-6-14)29-19(12-1-2-12)17(11-27-29)20(26)30/h3-4,9,11-12,14,16,28H,1-2,5-8H2,(H2,26,30). The molecule has 2 saturated carbocycles. The number of anilines is 1. The summed E-state index contributed by atoms with van der Waals surface area (Å²) in [7, 11) is 0. The van der Waals surface area contributed by atoms with Gasteiger partial charge in [-0.05, 0) is 56.7 Å². The van der Waals surface area contributed by atoms with Gasteiger partial charge in [-0.25, -0.2) is 0 Å². The van der Waals surface area contributed by atoms with E-state index in [1.165, 1.54) is 12.1 Å². The Morgan fingerprint density at radius 3 is 2.47 bits per heavy atom. The molecule has 0 spiro atoms. The lowest BCUT2D eigenvalue weighted by Crippen LogP contribution is -2.28. The molecule has 1 amide bonds. The summed E-state index contributed by atoms with van der Waals surface area (Å²) in [6, 6.07) is 5.50. The lowest BCUT2D eigenvalue weighted by Gasteiger charge is -2.31. The summed E-state index contributed by atoms with van der Waals surface area (Å²) in [5.41, 5.74) is 5.97. The Labute approximate surface area is 171 Å². The normalized spacial score (nSPS) is 21.8. The number of carbonyl (C=O) groups excluding carboxylic acids is 1. The highest BCUT2D eigenvalue weighted by molar-refractivity contribution is 5.94. The van der Waals surface area contributed by atoms with Crippen molar-refractivity contribution in [2.45, 2.75) is 62.7 Å². The van der Waals surface area contributed by atoms with Crippen molar-refractivity contribution >= 4 is 11.6 Å². The van der Waals surface area contributed by atoms with E-state index >= 15 is 0 Å². The van der Waals surface area contributed by atoms with Crippen LogP contribution < -0.4 is 11.1 Å². The van der Waals surface area contributed by atoms with E-state index in [-0.39, 0.29) is 17.6 Å². The van der Waals surface area contributed by atoms with Crippen molar-refractivity contribution in [1.29, 1.82) is 5.26 Å². The van der Waals surface area contributed by atoms with Crippen molar-refractivity contribution < 1.29 is 18.0 Å². The van der Waals surface area contributed by atoms with Crippen molar-refractivity contribution in [1.82, 2.24) is 9.78 Å². The summed E-state index contributed by atoms with van der Waals surface area (Å²) in [5, 5.41) is 16.5. The second kappa shape index (κ2) is 7.67. The number of hydrogen-bond donors (Lipinski definition) is 2. The second-order valence-electron chi connectivity index (χ2n) is 8.05. The number of benzene rings is 1. The first-order chi connectivity index (χ1) is 14.3. The van der Waals surface area contributed by atoms with Crippen LogP contribution in [0.3, 0.4) is 0 Å². The Hall–Kier alpha value is -3.02. The molecule has 0 unspecified atom stereocenters. The zero-order chi connectivity index (χ0) is 21.5. The van der Waals surface area contributed by atoms with Crippen LogP contribution in [0.15, 0.2) is 24.4 Å². The molecule has 2 aliphatic carbocycles. The molecule has 9 heteroatoms. The fourth-order valence-corrected chi connectivity index (χ4v) is 4.28. The zero-order valence-electron chi connectivity index (χ0n) is 16.2. The van der Waals surface area contributed by atoms with Crippen LogP contribution in [0.2, 0.25) is 0 Å². The SMILES string of the molecule is N#Cc1ccc(NC2CCC(n3ncc(C(N)=O)c3C3CC3)CC2)cc1C(F)(F)F. The fraction of sp³-hybridized carbons (Fsp3) is 0.476. The van der Waals surface area contributed by atoms with Crippen LogP contribution in [0.1, 0.15) is 77.7 Å². The highest BCUT2D eigenvalue weighted by Crippen LogP contribution is 2.44. The topological polar surface area (TPSA) is 96.7 Å². The Morgan fingerprint density at radius 2 is 1.90 bits per heavy atom. The summed E-state index contributed by atoms with van der Waals surface area (Å²) in [6.07, 6.45) is 2.18. The van der Waals surface area contributed by atoms with E-state index in [1.54, 1.807) is 12.3 Å². The van der Waals surface area contributed by atoms with Gasteiger partial charge in [-0.15, -0.1) is 0 Å². The van der Waals surface area contributed by atoms with Crippen LogP contribution in [-0.4, -0.2) is 21.7 Å². The molecule has 0 aliphatic heterocycles. The summed E-state index contributed by atoms with van der Waals surface area (Å²) in [6.45, 7) is 0. The van der Waals surface area contributed by atoms with Gasteiger partial charge < -0.3 is 11.1 Å². The molecule has 6 nitrogen and oxygen atoms in total. The molecule has 2 fully saturated rings. The van der Waals surface area contributed by atoms with E-state index in [0.29, 0.717) is 17.2 Å².